The van der Waals surface area contributed by atoms with E-state index in [4.69, 9.17) is 47.4 Å². The van der Waals surface area contributed by atoms with Crippen LogP contribution in [0.5, 0.6) is 0 Å². The van der Waals surface area contributed by atoms with E-state index in [0.29, 0.717) is 0 Å². The van der Waals surface area contributed by atoms with E-state index >= 15 is 0 Å². The predicted octanol–water partition coefficient (Wildman–Crippen LogP) is 3.79. The van der Waals surface area contributed by atoms with Gasteiger partial charge in [-0.15, -0.1) is 0 Å². The number of amides is 1. The number of ether oxygens (including phenoxy) is 10. The first kappa shape index (κ1) is 43.4. The second-order valence-corrected chi connectivity index (χ2v) is 13.6. The van der Waals surface area contributed by atoms with Crippen LogP contribution in [0.4, 0.5) is 0 Å². The van der Waals surface area contributed by atoms with Gasteiger partial charge in [-0.2, -0.15) is 0 Å². The van der Waals surface area contributed by atoms with Crippen molar-refractivity contribution in [3.8, 4) is 0 Å². The topological polar surface area (TPSA) is 173 Å². The van der Waals surface area contributed by atoms with Gasteiger partial charge in [0.25, 0.3) is 0 Å². The summed E-state index contributed by atoms with van der Waals surface area (Å²) in [6.45, 7) is 4.80. The number of hydrogen-bond donors (Lipinski definition) is 1. The summed E-state index contributed by atoms with van der Waals surface area (Å²) in [5.74, 6) is -2.59. The Morgan fingerprint density at radius 2 is 0.982 bits per heavy atom. The lowest BCUT2D eigenvalue weighted by Gasteiger charge is -2.47. The van der Waals surface area contributed by atoms with E-state index < -0.39 is 85.2 Å². The molecular weight excluding hydrogens is 742 g/mol. The molecule has 1 amide bonds. The third-order valence-electron chi connectivity index (χ3n) is 9.18. The third kappa shape index (κ3) is 12.9. The average molecular weight is 794 g/mol. The number of methoxy groups -OCH3 is 1. The fraction of sp³-hybridized carbons (Fsp3) is 0.476. The van der Waals surface area contributed by atoms with Crippen LogP contribution < -0.4 is 5.32 Å². The highest BCUT2D eigenvalue weighted by atomic mass is 16.7. The van der Waals surface area contributed by atoms with Gasteiger partial charge in [0, 0.05) is 34.8 Å². The first-order valence-corrected chi connectivity index (χ1v) is 18.7. The van der Waals surface area contributed by atoms with Gasteiger partial charge in [0.05, 0.1) is 26.4 Å². The number of esters is 3. The minimum atomic E-state index is -1.35. The Balaban J connectivity index is 1.48. The van der Waals surface area contributed by atoms with Gasteiger partial charge in [0.1, 0.15) is 43.2 Å². The Morgan fingerprint density at radius 3 is 1.46 bits per heavy atom. The van der Waals surface area contributed by atoms with E-state index in [1.54, 1.807) is 0 Å². The lowest BCUT2D eigenvalue weighted by Crippen LogP contribution is -2.67. The van der Waals surface area contributed by atoms with Crippen molar-refractivity contribution in [2.24, 2.45) is 0 Å². The van der Waals surface area contributed by atoms with Gasteiger partial charge >= 0.3 is 17.9 Å². The highest BCUT2D eigenvalue weighted by Crippen LogP contribution is 2.33. The molecule has 308 valence electrons. The summed E-state index contributed by atoms with van der Waals surface area (Å²) in [5.41, 5.74) is 2.74. The molecule has 15 nitrogen and oxygen atoms in total. The maximum Gasteiger partial charge on any atom is 0.303 e. The summed E-state index contributed by atoms with van der Waals surface area (Å²) in [4.78, 5) is 49.1. The molecule has 0 bridgehead atoms. The van der Waals surface area contributed by atoms with Crippen molar-refractivity contribution < 1.29 is 66.5 Å². The van der Waals surface area contributed by atoms with Crippen LogP contribution >= 0.6 is 0 Å². The number of carbonyl (C=O) groups is 4. The Kier molecular flexibility index (Phi) is 16.5. The van der Waals surface area contributed by atoms with Crippen LogP contribution in [-0.4, -0.2) is 105 Å². The normalized spacial score (nSPS) is 27.2. The smallest absolute Gasteiger partial charge is 0.303 e. The van der Waals surface area contributed by atoms with Gasteiger partial charge in [-0.25, -0.2) is 0 Å². The molecule has 3 aromatic carbocycles. The number of rotatable bonds is 18. The van der Waals surface area contributed by atoms with Crippen molar-refractivity contribution in [1.29, 1.82) is 0 Å². The molecule has 1 N–H and O–H groups in total. The van der Waals surface area contributed by atoms with Crippen molar-refractivity contribution in [3.63, 3.8) is 0 Å². The molecule has 2 aliphatic rings. The Hall–Kier alpha value is -4.74. The summed E-state index contributed by atoms with van der Waals surface area (Å²) in [6, 6.07) is 27.7. The molecule has 15 heteroatoms. The molecule has 5 rings (SSSR count). The van der Waals surface area contributed by atoms with Crippen molar-refractivity contribution >= 4 is 23.8 Å². The molecule has 3 aromatic rings. The molecule has 57 heavy (non-hydrogen) atoms. The lowest BCUT2D eigenvalue weighted by molar-refractivity contribution is -0.335. The van der Waals surface area contributed by atoms with Gasteiger partial charge in [-0.05, 0) is 16.7 Å². The van der Waals surface area contributed by atoms with Crippen molar-refractivity contribution in [2.45, 2.75) is 109 Å². The second kappa shape index (κ2) is 21.7. The highest BCUT2D eigenvalue weighted by molar-refractivity contribution is 5.73. The minimum Gasteiger partial charge on any atom is -0.463 e. The lowest BCUT2D eigenvalue weighted by atomic mass is 9.95. The maximum atomic E-state index is 12.6. The number of nitrogens with one attached hydrogen (secondary N) is 1. The molecule has 0 radical (unpaired) electrons. The number of carbonyl (C=O) groups excluding carboxylic acids is 4. The van der Waals surface area contributed by atoms with Gasteiger partial charge in [-0.1, -0.05) is 91.0 Å². The molecule has 10 atom stereocenters. The number of benzene rings is 3. The zero-order valence-corrected chi connectivity index (χ0v) is 32.7. The third-order valence-corrected chi connectivity index (χ3v) is 9.18. The van der Waals surface area contributed by atoms with Crippen LogP contribution in [-0.2, 0) is 86.4 Å². The minimum absolute atomic E-state index is 0.178. The number of hydrogen-bond acceptors (Lipinski definition) is 14. The fourth-order valence-electron chi connectivity index (χ4n) is 6.69. The molecule has 0 saturated carbocycles. The zero-order valence-electron chi connectivity index (χ0n) is 32.7. The quantitative estimate of drug-likeness (QED) is 0.146. The summed E-state index contributed by atoms with van der Waals surface area (Å²) >= 11 is 0. The Morgan fingerprint density at radius 1 is 0.526 bits per heavy atom. The fourth-order valence-corrected chi connectivity index (χ4v) is 6.69. The maximum absolute atomic E-state index is 12.6. The largest absolute Gasteiger partial charge is 0.463 e. The van der Waals surface area contributed by atoms with Crippen LogP contribution in [0.1, 0.15) is 44.4 Å². The van der Waals surface area contributed by atoms with E-state index in [0.717, 1.165) is 16.7 Å². The van der Waals surface area contributed by atoms with Crippen molar-refractivity contribution in [1.82, 2.24) is 5.32 Å². The van der Waals surface area contributed by atoms with Crippen LogP contribution in [0.25, 0.3) is 0 Å². The van der Waals surface area contributed by atoms with Gasteiger partial charge in [0.15, 0.2) is 24.8 Å². The Bertz CT molecular complexity index is 1710. The van der Waals surface area contributed by atoms with Crippen molar-refractivity contribution in [3.05, 3.63) is 108 Å². The van der Waals surface area contributed by atoms with E-state index in [9.17, 15) is 19.2 Å². The van der Waals surface area contributed by atoms with Crippen LogP contribution in [0.15, 0.2) is 91.0 Å². The summed E-state index contributed by atoms with van der Waals surface area (Å²) in [6.07, 6.45) is -9.36. The molecule has 6 unspecified atom stereocenters. The van der Waals surface area contributed by atoms with E-state index in [-0.39, 0.29) is 33.0 Å². The highest BCUT2D eigenvalue weighted by Gasteiger charge is 2.53. The average Bonchev–Trinajstić information content (AvgIpc) is 3.19. The van der Waals surface area contributed by atoms with Gasteiger partial charge < -0.3 is 52.7 Å². The SMILES string of the molecule is CO[C@H]1OC(CO[C@@H]2OC(COC(C)=O)[C@@H](OC(C)=O)C(OC(C)=O)C2NC(C)=O)[C@@H](OCc2ccccc2)C(OCc2ccccc2)C1OCc1ccccc1. The van der Waals surface area contributed by atoms with Crippen LogP contribution in [0, 0.1) is 0 Å². The van der Waals surface area contributed by atoms with E-state index in [1.807, 2.05) is 91.0 Å². The summed E-state index contributed by atoms with van der Waals surface area (Å²) in [7, 11) is 1.50. The van der Waals surface area contributed by atoms with Crippen LogP contribution in [0.2, 0.25) is 0 Å². The monoisotopic (exact) mass is 793 g/mol. The first-order valence-electron chi connectivity index (χ1n) is 18.7. The molecule has 2 aliphatic heterocycles. The molecule has 2 fully saturated rings. The molecule has 0 aliphatic carbocycles. The van der Waals surface area contributed by atoms with Gasteiger partial charge in [0.2, 0.25) is 5.91 Å². The van der Waals surface area contributed by atoms with Crippen LogP contribution in [0.3, 0.4) is 0 Å². The van der Waals surface area contributed by atoms with Crippen molar-refractivity contribution in [2.75, 3.05) is 20.3 Å². The molecule has 2 heterocycles. The standard InChI is InChI=1S/C42H51NO14/c1-26(44)43-35-38(55-29(4)47)37(54-28(3)46)34(24-49-27(2)45)56-41(35)53-25-33-36(50-21-30-15-9-6-10-16-30)39(51-22-31-17-11-7-12-18-31)40(42(48-5)57-33)52-23-32-19-13-8-14-20-32/h6-20,33-42H,21-25H2,1-5H3,(H,43,44)/t33?,34?,35?,36-,37-,38?,39?,40?,41-,42+/m1/s1. The molecule has 0 aromatic heterocycles. The predicted molar refractivity (Wildman–Crippen MR) is 201 cm³/mol. The van der Waals surface area contributed by atoms with E-state index in [1.165, 1.54) is 34.8 Å². The Labute approximate surface area is 332 Å². The zero-order chi connectivity index (χ0) is 40.7. The van der Waals surface area contributed by atoms with Gasteiger partial charge in [-0.3, -0.25) is 19.2 Å². The summed E-state index contributed by atoms with van der Waals surface area (Å²) < 4.78 is 61.4. The molecule has 0 spiro atoms. The molecular formula is C42H51NO14. The second-order valence-electron chi connectivity index (χ2n) is 13.6. The molecule has 2 saturated heterocycles. The van der Waals surface area contributed by atoms with E-state index in [2.05, 4.69) is 5.32 Å². The summed E-state index contributed by atoms with van der Waals surface area (Å²) in [5, 5.41) is 2.72. The first-order chi connectivity index (χ1) is 27.5.